The fraction of sp³-hybridized carbons (Fsp3) is 0.349. The molecule has 0 unspecified atom stereocenters. The Morgan fingerprint density at radius 3 is 2.29 bits per heavy atom. The molecule has 1 aliphatic carbocycles. The molecule has 4 atom stereocenters. The Hall–Kier alpha value is -6.84. The Balaban J connectivity index is 0.934. The average molecular weight is 807 g/mol. The number of hydrogen-bond acceptors (Lipinski definition) is 13. The van der Waals surface area contributed by atoms with Gasteiger partial charge < -0.3 is 38.5 Å². The Morgan fingerprint density at radius 2 is 1.61 bits per heavy atom. The van der Waals surface area contributed by atoms with Crippen LogP contribution in [0.15, 0.2) is 71.5 Å². The van der Waals surface area contributed by atoms with Gasteiger partial charge in [0.1, 0.15) is 11.6 Å². The Bertz CT molecular complexity index is 2490. The summed E-state index contributed by atoms with van der Waals surface area (Å²) in [4.78, 5) is 55.8. The van der Waals surface area contributed by atoms with Crippen molar-refractivity contribution < 1.29 is 47.7 Å². The smallest absolute Gasteiger partial charge is 0.310 e. The van der Waals surface area contributed by atoms with Crippen molar-refractivity contribution in [2.45, 2.75) is 44.6 Å². The van der Waals surface area contributed by atoms with Gasteiger partial charge in [0, 0.05) is 30.4 Å². The molecule has 59 heavy (non-hydrogen) atoms. The maximum absolute atomic E-state index is 13.6. The van der Waals surface area contributed by atoms with E-state index in [9.17, 15) is 24.5 Å². The molecule has 3 heterocycles. The monoisotopic (exact) mass is 806 g/mol. The van der Waals surface area contributed by atoms with Crippen molar-refractivity contribution in [3.05, 3.63) is 110 Å². The molecule has 1 fully saturated rings. The maximum Gasteiger partial charge on any atom is 0.310 e. The van der Waals surface area contributed by atoms with E-state index in [1.165, 1.54) is 50.2 Å². The topological polar surface area (TPSA) is 189 Å². The van der Waals surface area contributed by atoms with Crippen molar-refractivity contribution in [1.29, 1.82) is 0 Å². The lowest BCUT2D eigenvalue weighted by Crippen LogP contribution is -2.42. The molecule has 1 amide bonds. The van der Waals surface area contributed by atoms with Gasteiger partial charge in [-0.3, -0.25) is 29.1 Å². The van der Waals surface area contributed by atoms with Crippen molar-refractivity contribution in [2.24, 2.45) is 11.8 Å². The summed E-state index contributed by atoms with van der Waals surface area (Å²) in [6.45, 7) is 2.25. The number of benzene rings is 4. The van der Waals surface area contributed by atoms with E-state index in [1.807, 2.05) is 24.3 Å². The number of fused-ring (bicyclic) bond motifs is 4. The molecule has 0 saturated carbocycles. The van der Waals surface area contributed by atoms with Crippen LogP contribution in [-0.4, -0.2) is 67.7 Å². The average Bonchev–Trinajstić information content (AvgIpc) is 3.87. The Labute approximate surface area is 338 Å². The van der Waals surface area contributed by atoms with Gasteiger partial charge in [-0.25, -0.2) is 4.98 Å². The second-order valence-electron chi connectivity index (χ2n) is 14.5. The number of esters is 1. The van der Waals surface area contributed by atoms with Crippen LogP contribution in [0.5, 0.6) is 34.5 Å². The number of carbonyl (C=O) groups is 2. The molecule has 1 N–H and O–H groups in total. The molecule has 2 aliphatic heterocycles. The molecule has 1 saturated heterocycles. The van der Waals surface area contributed by atoms with Gasteiger partial charge in [-0.05, 0) is 97.5 Å². The van der Waals surface area contributed by atoms with Gasteiger partial charge in [-0.15, -0.1) is 0 Å². The van der Waals surface area contributed by atoms with E-state index in [0.717, 1.165) is 16.7 Å². The zero-order chi connectivity index (χ0) is 41.4. The van der Waals surface area contributed by atoms with Crippen LogP contribution < -0.4 is 39.3 Å². The molecular formula is C43H42N4O12. The standard InChI is InChI=1S/C43H42N4O12/c1-23-44-32-14-13-27(18-30(32)42(49)46(23)25-9-11-26(12-10-25)47(51)52)56-15-7-5-6-8-37(48)45-40-29-20-34-33(58-22-59-34)19-28(29)38(39-31(40)21-57-43(39)50)24-16-35(53-2)41(55-4)36(17-24)54-3/h9-14,16-20,31,38-40H,5-8,15,21-22H2,1-4H3,(H,45,48)/t31-,38+,39-,40+/m0/s1. The molecule has 16 heteroatoms. The van der Waals surface area contributed by atoms with E-state index in [0.29, 0.717) is 82.8 Å². The quantitative estimate of drug-likeness (QED) is 0.0588. The minimum Gasteiger partial charge on any atom is -0.494 e. The summed E-state index contributed by atoms with van der Waals surface area (Å²) in [6.07, 6.45) is 2.20. The number of rotatable bonds is 14. The number of nitrogens with one attached hydrogen (secondary N) is 1. The first kappa shape index (κ1) is 39.0. The van der Waals surface area contributed by atoms with E-state index >= 15 is 0 Å². The summed E-state index contributed by atoms with van der Waals surface area (Å²) < 4.78 is 41.5. The molecular weight excluding hydrogens is 764 g/mol. The molecule has 1 aromatic heterocycles. The largest absolute Gasteiger partial charge is 0.494 e. The zero-order valence-electron chi connectivity index (χ0n) is 32.9. The fourth-order valence-corrected chi connectivity index (χ4v) is 8.42. The first-order valence-corrected chi connectivity index (χ1v) is 19.2. The van der Waals surface area contributed by atoms with Gasteiger partial charge in [0.2, 0.25) is 18.4 Å². The van der Waals surface area contributed by atoms with E-state index in [-0.39, 0.29) is 48.9 Å². The van der Waals surface area contributed by atoms with Crippen molar-refractivity contribution in [1.82, 2.24) is 14.9 Å². The molecule has 0 bridgehead atoms. The third kappa shape index (κ3) is 7.30. The minimum absolute atomic E-state index is 0.0600. The lowest BCUT2D eigenvalue weighted by Gasteiger charge is -2.39. The number of ether oxygens (including phenoxy) is 7. The number of non-ortho nitro benzene ring substituents is 1. The normalized spacial score (nSPS) is 18.7. The highest BCUT2D eigenvalue weighted by molar-refractivity contribution is 5.81. The summed E-state index contributed by atoms with van der Waals surface area (Å²) in [5, 5.41) is 14.7. The number of hydrogen-bond donors (Lipinski definition) is 1. The molecule has 8 rings (SSSR count). The predicted molar refractivity (Wildman–Crippen MR) is 212 cm³/mol. The highest BCUT2D eigenvalue weighted by Gasteiger charge is 2.53. The number of carbonyl (C=O) groups excluding carboxylic acids is 2. The molecule has 4 aromatic carbocycles. The highest BCUT2D eigenvalue weighted by atomic mass is 16.7. The minimum atomic E-state index is -0.617. The fourth-order valence-electron chi connectivity index (χ4n) is 8.42. The van der Waals surface area contributed by atoms with Crippen molar-refractivity contribution in [3.8, 4) is 40.2 Å². The van der Waals surface area contributed by atoms with E-state index < -0.39 is 22.8 Å². The number of cyclic esters (lactones) is 1. The number of amides is 1. The summed E-state index contributed by atoms with van der Waals surface area (Å²) in [5.41, 5.74) is 2.95. The van der Waals surface area contributed by atoms with E-state index in [2.05, 4.69) is 10.3 Å². The van der Waals surface area contributed by atoms with Crippen LogP contribution in [0, 0.1) is 28.9 Å². The second kappa shape index (κ2) is 16.2. The second-order valence-corrected chi connectivity index (χ2v) is 14.5. The van der Waals surface area contributed by atoms with Crippen LogP contribution in [0.4, 0.5) is 5.69 Å². The lowest BCUT2D eigenvalue weighted by atomic mass is 9.65. The van der Waals surface area contributed by atoms with Gasteiger partial charge in [0.15, 0.2) is 23.0 Å². The van der Waals surface area contributed by atoms with E-state index in [4.69, 9.17) is 33.2 Å². The number of nitrogens with zero attached hydrogens (tertiary/aromatic N) is 3. The number of nitro groups is 1. The number of nitro benzene ring substituents is 1. The predicted octanol–water partition coefficient (Wildman–Crippen LogP) is 6.09. The van der Waals surface area contributed by atoms with Crippen LogP contribution in [0.1, 0.15) is 60.2 Å². The lowest BCUT2D eigenvalue weighted by molar-refractivity contribution is -0.384. The van der Waals surface area contributed by atoms with Crippen LogP contribution >= 0.6 is 0 Å². The van der Waals surface area contributed by atoms with Gasteiger partial charge >= 0.3 is 5.97 Å². The van der Waals surface area contributed by atoms with Gasteiger partial charge in [0.25, 0.3) is 11.2 Å². The van der Waals surface area contributed by atoms with Crippen molar-refractivity contribution in [2.75, 3.05) is 41.3 Å². The highest BCUT2D eigenvalue weighted by Crippen LogP contribution is 2.55. The van der Waals surface area contributed by atoms with Gasteiger partial charge in [-0.1, -0.05) is 0 Å². The molecule has 0 radical (unpaired) electrons. The Kier molecular flexibility index (Phi) is 10.7. The maximum atomic E-state index is 13.6. The summed E-state index contributed by atoms with van der Waals surface area (Å²) in [5.74, 6) is 1.40. The van der Waals surface area contributed by atoms with E-state index in [1.54, 1.807) is 25.1 Å². The third-order valence-electron chi connectivity index (χ3n) is 11.2. The van der Waals surface area contributed by atoms with Crippen molar-refractivity contribution >= 4 is 28.5 Å². The first-order chi connectivity index (χ1) is 28.6. The molecule has 16 nitrogen and oxygen atoms in total. The van der Waals surface area contributed by atoms with Crippen LogP contribution in [0.25, 0.3) is 16.6 Å². The third-order valence-corrected chi connectivity index (χ3v) is 11.2. The first-order valence-electron chi connectivity index (χ1n) is 19.2. The van der Waals surface area contributed by atoms with Crippen molar-refractivity contribution in [3.63, 3.8) is 0 Å². The number of aromatic nitrogens is 2. The molecule has 3 aliphatic rings. The van der Waals surface area contributed by atoms with Crippen LogP contribution in [0.2, 0.25) is 0 Å². The molecule has 5 aromatic rings. The number of unbranched alkanes of at least 4 members (excludes halogenated alkanes) is 2. The summed E-state index contributed by atoms with van der Waals surface area (Å²) in [7, 11) is 4.60. The SMILES string of the molecule is COc1cc([C@@H]2c3cc4c(cc3[C@@H](NC(=O)CCCCCOc3ccc5nc(C)n(-c6ccc([N+](=O)[O-])cc6)c(=O)c5c3)[C@H]3COC(=O)[C@H]23)OCO4)cc(OC)c1OC. The van der Waals surface area contributed by atoms with Crippen LogP contribution in [-0.2, 0) is 14.3 Å². The Morgan fingerprint density at radius 1 is 0.898 bits per heavy atom. The van der Waals surface area contributed by atoms with Gasteiger partial charge in [-0.2, -0.15) is 0 Å². The zero-order valence-corrected chi connectivity index (χ0v) is 32.9. The number of methoxy groups -OCH3 is 3. The summed E-state index contributed by atoms with van der Waals surface area (Å²) >= 11 is 0. The summed E-state index contributed by atoms with van der Waals surface area (Å²) in [6, 6.07) is 17.8. The van der Waals surface area contributed by atoms with Crippen LogP contribution in [0.3, 0.4) is 0 Å². The van der Waals surface area contributed by atoms with Gasteiger partial charge in [0.05, 0.1) is 68.0 Å². The molecule has 0 spiro atoms. The molecule has 306 valence electrons. The number of aryl methyl sites for hydroxylation is 1.